The van der Waals surface area contributed by atoms with Gasteiger partial charge in [-0.25, -0.2) is 0 Å². The van der Waals surface area contributed by atoms with Gasteiger partial charge in [0.25, 0.3) is 0 Å². The summed E-state index contributed by atoms with van der Waals surface area (Å²) in [5, 5.41) is 0. The largest absolute Gasteiger partial charge is 0.342 e. The van der Waals surface area contributed by atoms with E-state index in [1.165, 1.54) is 0 Å². The summed E-state index contributed by atoms with van der Waals surface area (Å²) in [7, 11) is 0. The van der Waals surface area contributed by atoms with Gasteiger partial charge in [-0.15, -0.1) is 0 Å². The Morgan fingerprint density at radius 3 is 2.33 bits per heavy atom. The Balaban J connectivity index is 1.78. The van der Waals surface area contributed by atoms with E-state index < -0.39 is 0 Å². The van der Waals surface area contributed by atoms with Gasteiger partial charge < -0.3 is 9.80 Å². The molecule has 86 valence electrons. The Morgan fingerprint density at radius 2 is 1.87 bits per heavy atom. The van der Waals surface area contributed by atoms with Gasteiger partial charge in [0.05, 0.1) is 0 Å². The van der Waals surface area contributed by atoms with Crippen LogP contribution in [0.15, 0.2) is 0 Å². The van der Waals surface area contributed by atoms with Crippen LogP contribution < -0.4 is 0 Å². The topological polar surface area (TPSA) is 23.6 Å². The van der Waals surface area contributed by atoms with Crippen molar-refractivity contribution in [2.24, 2.45) is 11.8 Å². The molecule has 2 fully saturated rings. The van der Waals surface area contributed by atoms with E-state index in [9.17, 15) is 4.79 Å². The average molecular weight is 210 g/mol. The summed E-state index contributed by atoms with van der Waals surface area (Å²) in [5.74, 6) is 1.47. The molecule has 1 amide bonds. The molecule has 3 heteroatoms. The molecule has 0 unspecified atom stereocenters. The zero-order valence-electron chi connectivity index (χ0n) is 9.91. The first-order valence-corrected chi connectivity index (χ1v) is 6.21. The number of rotatable bonds is 2. The predicted octanol–water partition coefficient (Wildman–Crippen LogP) is 1.20. The fraction of sp³-hybridized carbons (Fsp3) is 0.917. The van der Waals surface area contributed by atoms with E-state index in [-0.39, 0.29) is 0 Å². The molecule has 0 N–H and O–H groups in total. The maximum absolute atomic E-state index is 12.0. The number of hydrogen-bond donors (Lipinski definition) is 0. The van der Waals surface area contributed by atoms with Gasteiger partial charge >= 0.3 is 0 Å². The number of carbonyl (C=O) groups is 1. The van der Waals surface area contributed by atoms with Crippen LogP contribution in [0.4, 0.5) is 0 Å². The number of nitrogens with zero attached hydrogens (tertiary/aromatic N) is 2. The van der Waals surface area contributed by atoms with Gasteiger partial charge in [0, 0.05) is 19.0 Å². The third-order valence-corrected chi connectivity index (χ3v) is 3.76. The lowest BCUT2D eigenvalue weighted by molar-refractivity contribution is -0.143. The molecule has 2 aliphatic heterocycles. The Bertz CT molecular complexity index is 228. The van der Waals surface area contributed by atoms with Crippen molar-refractivity contribution in [1.29, 1.82) is 0 Å². The molecule has 0 bridgehead atoms. The van der Waals surface area contributed by atoms with Gasteiger partial charge in [-0.2, -0.15) is 0 Å². The van der Waals surface area contributed by atoms with Crippen LogP contribution >= 0.6 is 0 Å². The highest BCUT2D eigenvalue weighted by Gasteiger charge is 2.33. The minimum atomic E-state index is 0.320. The van der Waals surface area contributed by atoms with Gasteiger partial charge in [0.15, 0.2) is 0 Å². The summed E-state index contributed by atoms with van der Waals surface area (Å²) in [6.45, 7) is 9.73. The minimum Gasteiger partial charge on any atom is -0.342 e. The van der Waals surface area contributed by atoms with Gasteiger partial charge in [0.2, 0.25) is 5.91 Å². The fourth-order valence-corrected chi connectivity index (χ4v) is 2.63. The van der Waals surface area contributed by atoms with Crippen LogP contribution in [0.2, 0.25) is 0 Å². The van der Waals surface area contributed by atoms with Crippen molar-refractivity contribution >= 4 is 5.91 Å². The van der Waals surface area contributed by atoms with Crippen LogP contribution in [0, 0.1) is 11.8 Å². The molecule has 0 aromatic heterocycles. The van der Waals surface area contributed by atoms with Crippen LogP contribution in [-0.4, -0.2) is 48.4 Å². The van der Waals surface area contributed by atoms with E-state index in [0.717, 1.165) is 51.5 Å². The average Bonchev–Trinajstić information content (AvgIpc) is 2.24. The highest BCUT2D eigenvalue weighted by atomic mass is 16.2. The van der Waals surface area contributed by atoms with Gasteiger partial charge in [0.1, 0.15) is 0 Å². The number of carbonyl (C=O) groups excluding carboxylic acids is 1. The van der Waals surface area contributed by atoms with E-state index in [1.54, 1.807) is 0 Å². The minimum absolute atomic E-state index is 0.320. The molecule has 2 saturated heterocycles. The monoisotopic (exact) mass is 210 g/mol. The van der Waals surface area contributed by atoms with Crippen molar-refractivity contribution in [3.8, 4) is 0 Å². The summed E-state index contributed by atoms with van der Waals surface area (Å²) < 4.78 is 0. The third-order valence-electron chi connectivity index (χ3n) is 3.76. The highest BCUT2D eigenvalue weighted by Crippen LogP contribution is 2.23. The maximum Gasteiger partial charge on any atom is 0.225 e. The summed E-state index contributed by atoms with van der Waals surface area (Å²) in [4.78, 5) is 16.5. The molecular formula is C12H22N2O. The SMILES string of the molecule is CCN1CCC(C(=O)N2CC(C)C2)CC1. The number of piperidine rings is 1. The number of likely N-dealkylation sites (tertiary alicyclic amines) is 2. The van der Waals surface area contributed by atoms with Crippen molar-refractivity contribution in [2.45, 2.75) is 26.7 Å². The second kappa shape index (κ2) is 4.52. The van der Waals surface area contributed by atoms with Crippen LogP contribution in [0.5, 0.6) is 0 Å². The molecular weight excluding hydrogens is 188 g/mol. The first kappa shape index (κ1) is 10.9. The lowest BCUT2D eigenvalue weighted by Gasteiger charge is -2.41. The van der Waals surface area contributed by atoms with E-state index in [2.05, 4.69) is 18.7 Å². The van der Waals surface area contributed by atoms with Crippen molar-refractivity contribution in [2.75, 3.05) is 32.7 Å². The maximum atomic E-state index is 12.0. The predicted molar refractivity (Wildman–Crippen MR) is 60.6 cm³/mol. The quantitative estimate of drug-likeness (QED) is 0.683. The summed E-state index contributed by atoms with van der Waals surface area (Å²) in [6, 6.07) is 0. The molecule has 0 aromatic carbocycles. The van der Waals surface area contributed by atoms with Crippen molar-refractivity contribution < 1.29 is 4.79 Å². The van der Waals surface area contributed by atoms with Crippen molar-refractivity contribution in [3.05, 3.63) is 0 Å². The van der Waals surface area contributed by atoms with Crippen molar-refractivity contribution in [3.63, 3.8) is 0 Å². The zero-order chi connectivity index (χ0) is 10.8. The molecule has 0 atom stereocenters. The van der Waals surface area contributed by atoms with Gasteiger partial charge in [-0.1, -0.05) is 13.8 Å². The second-order valence-corrected chi connectivity index (χ2v) is 5.06. The van der Waals surface area contributed by atoms with Crippen LogP contribution in [0.3, 0.4) is 0 Å². The van der Waals surface area contributed by atoms with E-state index in [4.69, 9.17) is 0 Å². The molecule has 2 heterocycles. The highest BCUT2D eigenvalue weighted by molar-refractivity contribution is 5.79. The van der Waals surface area contributed by atoms with Gasteiger partial charge in [-0.05, 0) is 38.4 Å². The Labute approximate surface area is 92.4 Å². The number of amides is 1. The lowest BCUT2D eigenvalue weighted by Crippen LogP contribution is -2.52. The first-order chi connectivity index (χ1) is 7.20. The van der Waals surface area contributed by atoms with E-state index >= 15 is 0 Å². The first-order valence-electron chi connectivity index (χ1n) is 6.21. The smallest absolute Gasteiger partial charge is 0.225 e. The van der Waals surface area contributed by atoms with Crippen molar-refractivity contribution in [1.82, 2.24) is 9.80 Å². The van der Waals surface area contributed by atoms with E-state index in [0.29, 0.717) is 11.8 Å². The molecule has 0 aliphatic carbocycles. The van der Waals surface area contributed by atoms with Gasteiger partial charge in [-0.3, -0.25) is 4.79 Å². The molecule has 2 aliphatic rings. The molecule has 15 heavy (non-hydrogen) atoms. The Hall–Kier alpha value is -0.570. The van der Waals surface area contributed by atoms with E-state index in [1.807, 2.05) is 4.90 Å². The Kier molecular flexibility index (Phi) is 3.29. The summed E-state index contributed by atoms with van der Waals surface area (Å²) in [6.07, 6.45) is 2.13. The molecule has 0 aromatic rings. The van der Waals surface area contributed by atoms with Crippen LogP contribution in [0.1, 0.15) is 26.7 Å². The fourth-order valence-electron chi connectivity index (χ4n) is 2.63. The van der Waals surface area contributed by atoms with Crippen LogP contribution in [0.25, 0.3) is 0 Å². The standard InChI is InChI=1S/C12H22N2O/c1-3-13-6-4-11(5-7-13)12(15)14-8-10(2)9-14/h10-11H,3-9H2,1-2H3. The molecule has 0 spiro atoms. The second-order valence-electron chi connectivity index (χ2n) is 5.06. The third kappa shape index (κ3) is 2.33. The normalized spacial score (nSPS) is 25.3. The van der Waals surface area contributed by atoms with Crippen LogP contribution in [-0.2, 0) is 4.79 Å². The molecule has 2 rings (SSSR count). The Morgan fingerprint density at radius 1 is 1.27 bits per heavy atom. The summed E-state index contributed by atoms with van der Waals surface area (Å²) >= 11 is 0. The molecule has 0 saturated carbocycles. The lowest BCUT2D eigenvalue weighted by atomic mass is 9.92. The summed E-state index contributed by atoms with van der Waals surface area (Å²) in [5.41, 5.74) is 0. The number of hydrogen-bond acceptors (Lipinski definition) is 2. The zero-order valence-corrected chi connectivity index (χ0v) is 9.91. The molecule has 0 radical (unpaired) electrons. The molecule has 3 nitrogen and oxygen atoms in total.